The molecule has 0 aliphatic carbocycles. The number of para-hydroxylation sites is 1. The summed E-state index contributed by atoms with van der Waals surface area (Å²) in [7, 11) is 0. The van der Waals surface area contributed by atoms with Crippen LogP contribution in [0, 0.1) is 0 Å². The molecule has 0 radical (unpaired) electrons. The van der Waals surface area contributed by atoms with Crippen molar-refractivity contribution in [2.24, 2.45) is 9.98 Å². The van der Waals surface area contributed by atoms with Crippen molar-refractivity contribution in [3.63, 3.8) is 0 Å². The van der Waals surface area contributed by atoms with Crippen LogP contribution in [-0.2, 0) is 9.47 Å². The van der Waals surface area contributed by atoms with Crippen LogP contribution in [0.3, 0.4) is 0 Å². The van der Waals surface area contributed by atoms with Crippen LogP contribution >= 0.6 is 0 Å². The molecule has 0 spiro atoms. The lowest BCUT2D eigenvalue weighted by atomic mass is 10.1. The normalized spacial score (nSPS) is 21.1. The summed E-state index contributed by atoms with van der Waals surface area (Å²) < 4.78 is 11.0. The van der Waals surface area contributed by atoms with Gasteiger partial charge in [0.15, 0.2) is 0 Å². The van der Waals surface area contributed by atoms with Crippen LogP contribution in [0.5, 0.6) is 0 Å². The number of nitrogens with zero attached hydrogens (tertiary/aromatic N) is 2. The second kappa shape index (κ2) is 6.19. The number of amides is 1. The van der Waals surface area contributed by atoms with Crippen LogP contribution < -0.4 is 16.0 Å². The minimum Gasteiger partial charge on any atom is -0.465 e. The van der Waals surface area contributed by atoms with E-state index in [0.29, 0.717) is 17.3 Å². The smallest absolute Gasteiger partial charge is 0.410 e. The number of carboxylic acid groups (broad SMARTS) is 1. The topological polar surface area (TPSA) is 92.5 Å². The summed E-state index contributed by atoms with van der Waals surface area (Å²) >= 11 is 0. The zero-order valence-corrected chi connectivity index (χ0v) is 12.3. The summed E-state index contributed by atoms with van der Waals surface area (Å²) in [5.41, 5.74) is 0.854. The summed E-state index contributed by atoms with van der Waals surface area (Å²) in [5, 5.41) is 12.4. The van der Waals surface area contributed by atoms with Crippen LogP contribution in [0.15, 0.2) is 28.2 Å². The molecule has 1 aromatic carbocycles. The Bertz CT molecular complexity index is 646. The molecule has 1 amide bonds. The quantitative estimate of drug-likeness (QED) is 0.764. The summed E-state index contributed by atoms with van der Waals surface area (Å²) in [6.45, 7) is 6.43. The van der Waals surface area contributed by atoms with E-state index >= 15 is 0 Å². The lowest BCUT2D eigenvalue weighted by Crippen LogP contribution is -2.46. The number of hydrogen-bond donors (Lipinski definition) is 2. The third-order valence-corrected chi connectivity index (χ3v) is 3.05. The highest BCUT2D eigenvalue weighted by Gasteiger charge is 2.35. The predicted octanol–water partition coefficient (Wildman–Crippen LogP) is 0.952. The summed E-state index contributed by atoms with van der Waals surface area (Å²) in [4.78, 5) is 19.6. The van der Waals surface area contributed by atoms with Crippen LogP contribution in [0.4, 0.5) is 4.79 Å². The number of fused-ring (bicyclic) bond motifs is 1. The first-order valence-electron chi connectivity index (χ1n) is 6.86. The van der Waals surface area contributed by atoms with E-state index in [1.807, 2.05) is 26.0 Å². The number of ether oxygens (including phenoxy) is 2. The summed E-state index contributed by atoms with van der Waals surface area (Å²) in [6, 6.07) is 5.50. The van der Waals surface area contributed by atoms with E-state index in [0.717, 1.165) is 5.56 Å². The molecule has 2 atom stereocenters. The molecular formula is C14H19N3O4. The van der Waals surface area contributed by atoms with Crippen molar-refractivity contribution in [3.05, 3.63) is 34.5 Å². The van der Waals surface area contributed by atoms with Gasteiger partial charge in [-0.25, -0.2) is 14.8 Å². The van der Waals surface area contributed by atoms with E-state index in [9.17, 15) is 4.79 Å². The van der Waals surface area contributed by atoms with Crippen LogP contribution in [-0.4, -0.2) is 30.4 Å². The molecule has 2 N–H and O–H groups in total. The largest absolute Gasteiger partial charge is 0.465 e. The van der Waals surface area contributed by atoms with E-state index in [4.69, 9.17) is 14.6 Å². The Kier molecular flexibility index (Phi) is 4.54. The molecule has 7 heteroatoms. The highest BCUT2D eigenvalue weighted by atomic mass is 16.5. The zero-order chi connectivity index (χ0) is 15.5. The number of nitrogens with one attached hydrogen (secondary N) is 1. The van der Waals surface area contributed by atoms with Gasteiger partial charge in [0.05, 0.1) is 23.4 Å². The van der Waals surface area contributed by atoms with Crippen molar-refractivity contribution < 1.29 is 19.4 Å². The average Bonchev–Trinajstić information content (AvgIpc) is 2.75. The third-order valence-electron chi connectivity index (χ3n) is 3.05. The van der Waals surface area contributed by atoms with Gasteiger partial charge in [0.2, 0.25) is 0 Å². The lowest BCUT2D eigenvalue weighted by Gasteiger charge is -2.21. The second-order valence-corrected chi connectivity index (χ2v) is 4.51. The van der Waals surface area contributed by atoms with E-state index in [1.165, 1.54) is 0 Å². The summed E-state index contributed by atoms with van der Waals surface area (Å²) in [6.07, 6.45) is -1.41. The Morgan fingerprint density at radius 3 is 2.76 bits per heavy atom. The Morgan fingerprint density at radius 1 is 1.38 bits per heavy atom. The van der Waals surface area contributed by atoms with Gasteiger partial charge in [0, 0.05) is 12.2 Å². The highest BCUT2D eigenvalue weighted by molar-refractivity contribution is 5.65. The molecule has 1 aromatic rings. The first kappa shape index (κ1) is 15.4. The molecule has 1 heterocycles. The van der Waals surface area contributed by atoms with Crippen molar-refractivity contribution in [2.45, 2.75) is 32.8 Å². The summed E-state index contributed by atoms with van der Waals surface area (Å²) in [5.74, 6) is -1.61. The van der Waals surface area contributed by atoms with Gasteiger partial charge in [-0.3, -0.25) is 5.32 Å². The third kappa shape index (κ3) is 3.20. The molecule has 0 fully saturated rings. The van der Waals surface area contributed by atoms with Gasteiger partial charge in [-0.05, 0) is 26.8 Å². The number of benzene rings is 1. The lowest BCUT2D eigenvalue weighted by molar-refractivity contribution is -0.0478. The maximum Gasteiger partial charge on any atom is 0.410 e. The molecule has 114 valence electrons. The van der Waals surface area contributed by atoms with Crippen molar-refractivity contribution in [1.82, 2.24) is 5.32 Å². The van der Waals surface area contributed by atoms with Crippen molar-refractivity contribution in [1.29, 1.82) is 0 Å². The van der Waals surface area contributed by atoms with Gasteiger partial charge < -0.3 is 14.6 Å². The maximum absolute atomic E-state index is 11.0. The molecule has 2 rings (SSSR count). The number of carbonyl (C=O) groups is 1. The highest BCUT2D eigenvalue weighted by Crippen LogP contribution is 2.16. The second-order valence-electron chi connectivity index (χ2n) is 4.51. The SMILES string of the molecule is CCOC(C)c1cccc2c1=NC(NC(=O)O)(OCC)N=2. The van der Waals surface area contributed by atoms with Crippen LogP contribution in [0.1, 0.15) is 32.4 Å². The average molecular weight is 293 g/mol. The number of rotatable bonds is 6. The molecule has 0 saturated carbocycles. The first-order chi connectivity index (χ1) is 10.0. The monoisotopic (exact) mass is 293 g/mol. The fraction of sp³-hybridized carbons (Fsp3) is 0.500. The van der Waals surface area contributed by atoms with Crippen LogP contribution in [0.25, 0.3) is 0 Å². The molecule has 0 aromatic heterocycles. The first-order valence-corrected chi connectivity index (χ1v) is 6.86. The van der Waals surface area contributed by atoms with Gasteiger partial charge in [0.25, 0.3) is 0 Å². The predicted molar refractivity (Wildman–Crippen MR) is 74.3 cm³/mol. The molecular weight excluding hydrogens is 274 g/mol. The number of hydrogen-bond acceptors (Lipinski definition) is 5. The van der Waals surface area contributed by atoms with E-state index in [2.05, 4.69) is 15.3 Å². The van der Waals surface area contributed by atoms with Crippen molar-refractivity contribution in [3.8, 4) is 0 Å². The molecule has 0 bridgehead atoms. The maximum atomic E-state index is 11.0. The molecule has 7 nitrogen and oxygen atoms in total. The Morgan fingerprint density at radius 2 is 2.14 bits per heavy atom. The standard InChI is InChI=1S/C14H19N3O4/c1-4-20-9(3)10-7-6-8-11-12(10)16-14(15-11,21-5-2)17-13(18)19/h6-9,17H,4-5H2,1-3H3,(H,18,19). The van der Waals surface area contributed by atoms with Gasteiger partial charge in [0.1, 0.15) is 0 Å². The van der Waals surface area contributed by atoms with E-state index in [-0.39, 0.29) is 12.7 Å². The van der Waals surface area contributed by atoms with Crippen molar-refractivity contribution in [2.75, 3.05) is 13.2 Å². The Balaban J connectivity index is 2.51. The fourth-order valence-corrected chi connectivity index (χ4v) is 2.27. The molecule has 1 aliphatic heterocycles. The molecule has 21 heavy (non-hydrogen) atoms. The van der Waals surface area contributed by atoms with Crippen molar-refractivity contribution >= 4 is 6.09 Å². The van der Waals surface area contributed by atoms with Gasteiger partial charge in [-0.1, -0.05) is 12.1 Å². The van der Waals surface area contributed by atoms with Gasteiger partial charge in [-0.15, -0.1) is 0 Å². The fourth-order valence-electron chi connectivity index (χ4n) is 2.27. The molecule has 1 aliphatic rings. The Hall–Kier alpha value is -1.99. The van der Waals surface area contributed by atoms with Gasteiger partial charge in [-0.2, -0.15) is 0 Å². The zero-order valence-electron chi connectivity index (χ0n) is 12.3. The van der Waals surface area contributed by atoms with E-state index in [1.54, 1.807) is 13.0 Å². The Labute approximate surface area is 122 Å². The van der Waals surface area contributed by atoms with Crippen LogP contribution in [0.2, 0.25) is 0 Å². The molecule has 0 saturated heterocycles. The minimum atomic E-state index is -1.61. The molecule has 2 unspecified atom stereocenters. The minimum absolute atomic E-state index is 0.161. The van der Waals surface area contributed by atoms with E-state index < -0.39 is 12.1 Å². The van der Waals surface area contributed by atoms with Gasteiger partial charge >= 0.3 is 12.1 Å².